The fourth-order valence-electron chi connectivity index (χ4n) is 8.55. The van der Waals surface area contributed by atoms with E-state index in [9.17, 15) is 19.0 Å². The Kier molecular flexibility index (Phi) is 63.9. The minimum absolute atomic E-state index is 0.0484. The normalized spacial score (nSPS) is 14.4. The summed E-state index contributed by atoms with van der Waals surface area (Å²) in [5, 5.41) is 0. The number of unbranched alkanes of at least 4 members (excludes halogenated alkanes) is 13. The zero-order valence-electron chi connectivity index (χ0n) is 57.2. The lowest BCUT2D eigenvalue weighted by Gasteiger charge is -2.28. The van der Waals surface area contributed by atoms with E-state index in [1.807, 2.05) is 21.1 Å². The van der Waals surface area contributed by atoms with E-state index in [2.05, 4.69) is 220 Å². The predicted molar refractivity (Wildman–Crippen MR) is 387 cm³/mol. The summed E-state index contributed by atoms with van der Waals surface area (Å²) in [6.45, 7) is 3.95. The van der Waals surface area contributed by atoms with Gasteiger partial charge >= 0.3 is 11.9 Å². The van der Waals surface area contributed by atoms with Crippen LogP contribution in [0.5, 0.6) is 0 Å². The Morgan fingerprint density at radius 2 is 0.600 bits per heavy atom. The molecule has 0 spiro atoms. The third-order valence-electron chi connectivity index (χ3n) is 13.8. The predicted octanol–water partition coefficient (Wildman–Crippen LogP) is 22.4. The Labute approximate surface area is 551 Å². The van der Waals surface area contributed by atoms with E-state index in [1.165, 1.54) is 25.7 Å². The molecule has 0 heterocycles. The van der Waals surface area contributed by atoms with E-state index in [0.717, 1.165) is 167 Å². The molecular formula is C80H126NO8P. The second-order valence-electron chi connectivity index (χ2n) is 23.4. The molecule has 0 aliphatic rings. The van der Waals surface area contributed by atoms with Gasteiger partial charge < -0.3 is 27.9 Å². The van der Waals surface area contributed by atoms with Gasteiger partial charge in [-0.1, -0.05) is 278 Å². The van der Waals surface area contributed by atoms with E-state index in [1.54, 1.807) is 0 Å². The first-order valence-corrected chi connectivity index (χ1v) is 36.3. The minimum Gasteiger partial charge on any atom is -0.756 e. The number of carbonyl (C=O) groups excluding carboxylic acids is 2. The van der Waals surface area contributed by atoms with E-state index in [4.69, 9.17) is 18.5 Å². The molecule has 0 aromatic heterocycles. The Balaban J connectivity index is 4.22. The summed E-state index contributed by atoms with van der Waals surface area (Å²) in [7, 11) is 1.12. The molecule has 0 radical (unpaired) electrons. The highest BCUT2D eigenvalue weighted by atomic mass is 31.2. The lowest BCUT2D eigenvalue weighted by molar-refractivity contribution is -0.870. The molecule has 0 aromatic carbocycles. The van der Waals surface area contributed by atoms with Crippen molar-refractivity contribution in [3.8, 4) is 0 Å². The van der Waals surface area contributed by atoms with Crippen LogP contribution in [0.4, 0.5) is 0 Å². The molecule has 10 heteroatoms. The van der Waals surface area contributed by atoms with E-state index in [0.29, 0.717) is 23.9 Å². The summed E-state index contributed by atoms with van der Waals surface area (Å²) in [5.41, 5.74) is 0. The van der Waals surface area contributed by atoms with Crippen molar-refractivity contribution in [1.82, 2.24) is 0 Å². The van der Waals surface area contributed by atoms with Gasteiger partial charge in [-0.15, -0.1) is 0 Å². The number of esters is 2. The van der Waals surface area contributed by atoms with Crippen LogP contribution in [0.15, 0.2) is 207 Å². The molecule has 9 nitrogen and oxygen atoms in total. The Morgan fingerprint density at radius 3 is 0.889 bits per heavy atom. The molecule has 2 unspecified atom stereocenters. The molecule has 0 aliphatic heterocycles. The van der Waals surface area contributed by atoms with Gasteiger partial charge in [-0.05, 0) is 148 Å². The molecule has 0 saturated carbocycles. The number of quaternary nitrogens is 1. The number of carbonyl (C=O) groups is 2. The van der Waals surface area contributed by atoms with Gasteiger partial charge in [0, 0.05) is 12.8 Å². The summed E-state index contributed by atoms with van der Waals surface area (Å²) in [5.74, 6) is -0.882. The van der Waals surface area contributed by atoms with Crippen molar-refractivity contribution in [3.63, 3.8) is 0 Å². The lowest BCUT2D eigenvalue weighted by Crippen LogP contribution is -2.37. The molecule has 0 N–H and O–H groups in total. The fraction of sp³-hybridized carbons (Fsp3) is 0.550. The minimum atomic E-state index is -4.67. The quantitative estimate of drug-likeness (QED) is 0.0195. The van der Waals surface area contributed by atoms with E-state index in [-0.39, 0.29) is 26.1 Å². The van der Waals surface area contributed by atoms with Crippen LogP contribution in [0, 0.1) is 0 Å². The standard InChI is InChI=1S/C80H126NO8P/c1-6-8-10-12-14-16-18-20-22-24-26-28-30-32-34-35-36-37-38-39-40-41-42-43-44-45-47-49-51-53-55-57-59-61-63-65-67-69-71-73-80(83)89-78(77-88-90(84,85)87-75-74-81(3,4)5)76-86-79(82)72-70-68-66-64-62-60-58-56-54-52-50-48-46-33-31-29-27-25-23-21-19-17-15-13-11-9-7-2/h8-11,14-17,20-23,26-29,32-34,36-37,39-40,42-43,45-47,50-53,57,59,78H,6-7,12-13,18-19,24-25,30-31,35,38,41,44,48-49,54-56,58,60-77H2,1-5H3/b10-8-,11-9-,16-14-,17-15-,22-20-,23-21-,28-26-,29-27-,34-32-,37-36-,40-39-,43-42-,46-33-,47-45-,52-50-,53-51-,59-57-. The summed E-state index contributed by atoms with van der Waals surface area (Å²) in [4.78, 5) is 38.1. The third-order valence-corrected chi connectivity index (χ3v) is 14.8. The number of likely N-dealkylation sites (N-methyl/N-ethyl adjacent to an activating group) is 1. The van der Waals surface area contributed by atoms with Crippen molar-refractivity contribution in [2.24, 2.45) is 0 Å². The van der Waals surface area contributed by atoms with Gasteiger partial charge in [-0.2, -0.15) is 0 Å². The van der Waals surface area contributed by atoms with Gasteiger partial charge in [0.1, 0.15) is 19.8 Å². The number of rotatable bonds is 61. The number of ether oxygens (including phenoxy) is 2. The first kappa shape index (κ1) is 84.6. The van der Waals surface area contributed by atoms with Crippen molar-refractivity contribution in [3.05, 3.63) is 207 Å². The van der Waals surface area contributed by atoms with Gasteiger partial charge in [0.2, 0.25) is 0 Å². The molecule has 0 rings (SSSR count). The van der Waals surface area contributed by atoms with Gasteiger partial charge in [0.05, 0.1) is 27.7 Å². The molecule has 2 atom stereocenters. The number of hydrogen-bond donors (Lipinski definition) is 0. The van der Waals surface area contributed by atoms with Crippen molar-refractivity contribution in [1.29, 1.82) is 0 Å². The van der Waals surface area contributed by atoms with Crippen LogP contribution in [0.2, 0.25) is 0 Å². The Bertz CT molecular complexity index is 2270. The highest BCUT2D eigenvalue weighted by Crippen LogP contribution is 2.38. The maximum atomic E-state index is 12.9. The van der Waals surface area contributed by atoms with Gasteiger partial charge in [-0.3, -0.25) is 14.2 Å². The van der Waals surface area contributed by atoms with Crippen LogP contribution in [0.3, 0.4) is 0 Å². The summed E-state index contributed by atoms with van der Waals surface area (Å²) in [6.07, 6.45) is 107. The van der Waals surface area contributed by atoms with Crippen LogP contribution in [0.1, 0.15) is 232 Å². The zero-order chi connectivity index (χ0) is 65.5. The smallest absolute Gasteiger partial charge is 0.306 e. The molecule has 0 aliphatic carbocycles. The zero-order valence-corrected chi connectivity index (χ0v) is 58.1. The number of hydrogen-bond acceptors (Lipinski definition) is 8. The highest BCUT2D eigenvalue weighted by Gasteiger charge is 2.22. The maximum absolute atomic E-state index is 12.9. The first-order chi connectivity index (χ1) is 44.0. The number of phosphoric acid groups is 1. The maximum Gasteiger partial charge on any atom is 0.306 e. The molecule has 0 bridgehead atoms. The second-order valence-corrected chi connectivity index (χ2v) is 24.8. The van der Waals surface area contributed by atoms with Gasteiger partial charge in [-0.25, -0.2) is 0 Å². The van der Waals surface area contributed by atoms with Crippen molar-refractivity contribution < 1.29 is 42.1 Å². The van der Waals surface area contributed by atoms with Crippen LogP contribution < -0.4 is 4.89 Å². The molecule has 0 fully saturated rings. The molecule has 0 aromatic rings. The summed E-state index contributed by atoms with van der Waals surface area (Å²) < 4.78 is 34.2. The van der Waals surface area contributed by atoms with E-state index < -0.39 is 32.5 Å². The monoisotopic (exact) mass is 1260 g/mol. The summed E-state index contributed by atoms with van der Waals surface area (Å²) in [6, 6.07) is 0. The van der Waals surface area contributed by atoms with Crippen molar-refractivity contribution in [2.75, 3.05) is 47.5 Å². The average Bonchev–Trinajstić information content (AvgIpc) is 3.58. The number of allylic oxidation sites excluding steroid dienone is 34. The van der Waals surface area contributed by atoms with E-state index >= 15 is 0 Å². The molecule has 0 amide bonds. The number of phosphoric ester groups is 1. The largest absolute Gasteiger partial charge is 0.756 e. The lowest BCUT2D eigenvalue weighted by atomic mass is 10.1. The summed E-state index contributed by atoms with van der Waals surface area (Å²) >= 11 is 0. The highest BCUT2D eigenvalue weighted by molar-refractivity contribution is 7.45. The fourth-order valence-corrected chi connectivity index (χ4v) is 9.27. The molecule has 0 saturated heterocycles. The van der Waals surface area contributed by atoms with Crippen LogP contribution in [0.25, 0.3) is 0 Å². The van der Waals surface area contributed by atoms with Crippen molar-refractivity contribution in [2.45, 2.75) is 238 Å². The second kappa shape index (κ2) is 68.0. The SMILES string of the molecule is CC/C=C\C/C=C\C/C=C\C/C=C\C/C=C\C/C=C\C/C=C\C/C=C\C/C=C\C/C=C\C/C=C\CCCCCCCC(=O)OC(COC(=O)CCCCCCCCCC/C=C\C/C=C\C/C=C\C/C=C\C/C=C\C/C=C\CC)COP(=O)([O-])OCC[N+](C)(C)C. The number of nitrogens with zero attached hydrogens (tertiary/aromatic N) is 1. The van der Waals surface area contributed by atoms with Gasteiger partial charge in [0.25, 0.3) is 7.82 Å². The Hall–Kier alpha value is -5.41. The first-order valence-electron chi connectivity index (χ1n) is 34.8. The third kappa shape index (κ3) is 71.7. The Morgan fingerprint density at radius 1 is 0.344 bits per heavy atom. The van der Waals surface area contributed by atoms with Crippen molar-refractivity contribution >= 4 is 19.8 Å². The van der Waals surface area contributed by atoms with Crippen LogP contribution in [-0.4, -0.2) is 70.0 Å². The van der Waals surface area contributed by atoms with Crippen LogP contribution >= 0.6 is 7.82 Å². The topological polar surface area (TPSA) is 111 Å². The molecule has 90 heavy (non-hydrogen) atoms. The van der Waals surface area contributed by atoms with Crippen LogP contribution in [-0.2, 0) is 32.7 Å². The molecular weight excluding hydrogens is 1130 g/mol. The van der Waals surface area contributed by atoms with Gasteiger partial charge in [0.15, 0.2) is 6.10 Å². The molecule has 504 valence electrons. The average molecular weight is 1260 g/mol.